The summed E-state index contributed by atoms with van der Waals surface area (Å²) in [7, 11) is 0. The molecule has 4 aromatic heterocycles. The minimum absolute atomic E-state index is 0. The Balaban J connectivity index is 0. The van der Waals surface area contributed by atoms with Crippen LogP contribution >= 0.6 is 0 Å². The van der Waals surface area contributed by atoms with Gasteiger partial charge in [0.2, 0.25) is 0 Å². The van der Waals surface area contributed by atoms with E-state index in [2.05, 4.69) is 82.5 Å². The van der Waals surface area contributed by atoms with E-state index in [1.807, 2.05) is 0 Å². The smallest absolute Gasteiger partial charge is 0.550 e. The Labute approximate surface area is 231 Å². The van der Waals surface area contributed by atoms with Crippen LogP contribution in [0.15, 0.2) is 0 Å². The van der Waals surface area contributed by atoms with Gasteiger partial charge >= 0.3 is 36.5 Å². The van der Waals surface area contributed by atoms with Crippen LogP contribution in [0.4, 0.5) is 0 Å². The number of carbonyl (C=O) groups is 4. The molecule has 4 heterocycles. The molecule has 0 spiro atoms. The number of hydrogen-bond acceptors (Lipinski definition) is 20. The number of nitrogens with zero attached hydrogens (tertiary/aromatic N) is 12. The van der Waals surface area contributed by atoms with Crippen LogP contribution in [0.2, 0.25) is 0 Å². The Morgan fingerprint density at radius 3 is 0.763 bits per heavy atom. The van der Waals surface area contributed by atoms with E-state index in [4.69, 9.17) is 0 Å². The second kappa shape index (κ2) is 20.5. The predicted molar refractivity (Wildman–Crippen MR) is 91.6 cm³/mol. The number of carbonyl (C=O) groups excluding carboxylic acids is 4. The monoisotopic (exact) mass is 628 g/mol. The van der Waals surface area contributed by atoms with Crippen LogP contribution in [0.5, 0.6) is 0 Å². The molecule has 0 radical (unpaired) electrons. The van der Waals surface area contributed by atoms with E-state index in [1.165, 1.54) is 0 Å². The summed E-state index contributed by atoms with van der Waals surface area (Å²) in [6.07, 6.45) is -1.18. The Hall–Kier alpha value is -4.70. The number of carboxylic acid groups (broad SMARTS) is 4. The van der Waals surface area contributed by atoms with Crippen LogP contribution in [0.1, 0.15) is 23.3 Å². The van der Waals surface area contributed by atoms with E-state index in [-0.39, 0.29) is 85.5 Å². The van der Waals surface area contributed by atoms with Crippen molar-refractivity contribution in [3.8, 4) is 0 Å². The van der Waals surface area contributed by atoms with Crippen LogP contribution in [0.25, 0.3) is 0 Å². The molecular weight excluding hydrogens is 617 g/mol. The molecule has 4 N–H and O–H groups in total. The first-order valence-electron chi connectivity index (χ1n) is 8.84. The molecule has 0 saturated carbocycles. The zero-order valence-corrected chi connectivity index (χ0v) is 22.6. The topological polar surface area (TPSA) is 378 Å². The van der Waals surface area contributed by atoms with Crippen molar-refractivity contribution in [1.82, 2.24) is 82.5 Å². The molecule has 0 aromatic carbocycles. The van der Waals surface area contributed by atoms with Crippen molar-refractivity contribution in [3.63, 3.8) is 0 Å². The van der Waals surface area contributed by atoms with Gasteiger partial charge < -0.3 is 39.6 Å². The normalized spacial score (nSPS) is 8.84. The average Bonchev–Trinajstić information content (AvgIpc) is 3.58. The third kappa shape index (κ3) is 18.6. The summed E-state index contributed by atoms with van der Waals surface area (Å²) < 4.78 is 0. The first-order chi connectivity index (χ1) is 17.2. The van der Waals surface area contributed by atoms with E-state index in [0.29, 0.717) is 0 Å². The maximum absolute atomic E-state index is 9.83. The molecule has 0 atom stereocenters. The number of aromatic amines is 4. The van der Waals surface area contributed by atoms with Crippen molar-refractivity contribution >= 4 is 23.9 Å². The number of tetrazole rings is 4. The van der Waals surface area contributed by atoms with Crippen molar-refractivity contribution in [1.29, 1.82) is 0 Å². The van der Waals surface area contributed by atoms with Gasteiger partial charge in [0.05, 0.1) is 25.7 Å². The molecule has 0 aliphatic carbocycles. The van der Waals surface area contributed by atoms with Gasteiger partial charge in [-0.15, -0.1) is 40.8 Å². The minimum Gasteiger partial charge on any atom is -0.550 e. The number of aromatic nitrogens is 16. The quantitative estimate of drug-likeness (QED) is 0.131. The molecule has 26 heteroatoms. The maximum atomic E-state index is 9.83. The van der Waals surface area contributed by atoms with Crippen molar-refractivity contribution < 1.29 is 76.2 Å². The fourth-order valence-corrected chi connectivity index (χ4v) is 1.55. The van der Waals surface area contributed by atoms with Crippen molar-refractivity contribution in [2.24, 2.45) is 0 Å². The first kappa shape index (κ1) is 35.5. The Morgan fingerprint density at radius 2 is 0.658 bits per heavy atom. The van der Waals surface area contributed by atoms with E-state index in [9.17, 15) is 39.6 Å². The summed E-state index contributed by atoms with van der Waals surface area (Å²) in [5.74, 6) is -4.31. The molecule has 0 amide bonds. The minimum atomic E-state index is -1.21. The van der Waals surface area contributed by atoms with Crippen molar-refractivity contribution in [2.75, 3.05) is 0 Å². The van der Waals surface area contributed by atoms with E-state index in [0.717, 1.165) is 0 Å². The number of hydrogen-bond donors (Lipinski definition) is 4. The maximum Gasteiger partial charge on any atom is 2.00 e. The van der Waals surface area contributed by atoms with Gasteiger partial charge in [-0.1, -0.05) is 20.9 Å². The van der Waals surface area contributed by atoms with Crippen LogP contribution < -0.4 is 20.4 Å². The van der Waals surface area contributed by atoms with Gasteiger partial charge in [0.15, 0.2) is 23.3 Å². The van der Waals surface area contributed by atoms with Gasteiger partial charge in [0.1, 0.15) is 0 Å². The zero-order chi connectivity index (χ0) is 26.8. The fraction of sp³-hybridized carbons (Fsp3) is 0.333. The van der Waals surface area contributed by atoms with Crippen LogP contribution in [0, 0.1) is 0 Å². The zero-order valence-electron chi connectivity index (χ0n) is 18.5. The SMILES string of the molecule is O=C([O-])Cc1nn[nH]n1.O=C([O-])Cc1nn[nH]n1.O=C([O-])Cc1nn[nH]n1.O=C([O-])Cc1nn[nH]n1.[Fe+2].[Zn+2]. The molecular formula is C12H12FeN16O8Zn. The largest absolute Gasteiger partial charge is 2.00 e. The van der Waals surface area contributed by atoms with E-state index < -0.39 is 23.9 Å². The number of nitrogens with one attached hydrogen (secondary N) is 4. The molecule has 0 fully saturated rings. The van der Waals surface area contributed by atoms with Gasteiger partial charge in [0.25, 0.3) is 0 Å². The number of aliphatic carboxylic acids is 4. The molecule has 0 bridgehead atoms. The van der Waals surface area contributed by atoms with Crippen molar-refractivity contribution in [2.45, 2.75) is 25.7 Å². The molecule has 0 unspecified atom stereocenters. The Kier molecular flexibility index (Phi) is 19.1. The van der Waals surface area contributed by atoms with E-state index >= 15 is 0 Å². The summed E-state index contributed by atoms with van der Waals surface area (Å²) in [4.78, 5) is 39.3. The molecule has 38 heavy (non-hydrogen) atoms. The van der Waals surface area contributed by atoms with Gasteiger partial charge in [-0.3, -0.25) is 0 Å². The second-order valence-electron chi connectivity index (χ2n) is 5.51. The van der Waals surface area contributed by atoms with Gasteiger partial charge in [0, 0.05) is 23.9 Å². The third-order valence-corrected chi connectivity index (χ3v) is 2.77. The number of rotatable bonds is 8. The predicted octanol–water partition coefficient (Wildman–Crippen LogP) is -10.0. The molecule has 198 valence electrons. The van der Waals surface area contributed by atoms with Crippen molar-refractivity contribution in [3.05, 3.63) is 23.3 Å². The van der Waals surface area contributed by atoms with Crippen LogP contribution in [-0.4, -0.2) is 106 Å². The summed E-state index contributed by atoms with van der Waals surface area (Å²) in [5.41, 5.74) is 0. The van der Waals surface area contributed by atoms with Gasteiger partial charge in [-0.25, -0.2) is 0 Å². The first-order valence-corrected chi connectivity index (χ1v) is 8.84. The van der Waals surface area contributed by atoms with Gasteiger partial charge in [-0.05, 0) is 0 Å². The fourth-order valence-electron chi connectivity index (χ4n) is 1.55. The summed E-state index contributed by atoms with van der Waals surface area (Å²) in [6.45, 7) is 0. The molecule has 4 rings (SSSR count). The molecule has 0 aliphatic rings. The second-order valence-corrected chi connectivity index (χ2v) is 5.51. The molecule has 0 saturated heterocycles. The van der Waals surface area contributed by atoms with E-state index in [1.54, 1.807) is 0 Å². The summed E-state index contributed by atoms with van der Waals surface area (Å²) >= 11 is 0. The summed E-state index contributed by atoms with van der Waals surface area (Å²) in [5, 5.41) is 87.5. The Morgan fingerprint density at radius 1 is 0.474 bits per heavy atom. The molecule has 24 nitrogen and oxygen atoms in total. The van der Waals surface area contributed by atoms with Crippen LogP contribution in [-0.2, 0) is 81.4 Å². The van der Waals surface area contributed by atoms with Gasteiger partial charge in [-0.2, -0.15) is 20.9 Å². The number of H-pyrrole nitrogens is 4. The average molecular weight is 630 g/mol. The van der Waals surface area contributed by atoms with Crippen LogP contribution in [0.3, 0.4) is 0 Å². The number of carboxylic acids is 4. The standard InChI is InChI=1S/4C3H4N4O2.Fe.Zn/c4*8-3(9)1-2-4-6-7-5-2;;/h4*1H2,(H,8,9)(H,4,5,6,7);;/q;;;;2*+2/p-4. The summed E-state index contributed by atoms with van der Waals surface area (Å²) in [6, 6.07) is 0. The third-order valence-electron chi connectivity index (χ3n) is 2.77. The molecule has 0 aliphatic heterocycles. The Bertz CT molecular complexity index is 973. The molecule has 4 aromatic rings.